The van der Waals surface area contributed by atoms with Crippen molar-refractivity contribution in [2.75, 3.05) is 13.8 Å². The van der Waals surface area contributed by atoms with E-state index in [1.165, 1.54) is 21.6 Å². The fourth-order valence-corrected chi connectivity index (χ4v) is 8.79. The van der Waals surface area contributed by atoms with Gasteiger partial charge in [0.1, 0.15) is 6.04 Å². The maximum atomic E-state index is 13.7. The summed E-state index contributed by atoms with van der Waals surface area (Å²) in [5.74, 6) is 1.08. The van der Waals surface area contributed by atoms with Crippen LogP contribution in [0.5, 0.6) is 11.5 Å². The molecule has 4 fully saturated rings. The Bertz CT molecular complexity index is 965. The summed E-state index contributed by atoms with van der Waals surface area (Å²) in [7, 11) is 4.61. The minimum atomic E-state index is -1.05. The molecular weight excluding hydrogens is 398 g/mol. The van der Waals surface area contributed by atoms with Crippen LogP contribution in [-0.4, -0.2) is 50.7 Å². The zero-order valence-electron chi connectivity index (χ0n) is 15.7. The molecular formula is C19H19N3O4S2. The number of hydrogen-bond acceptors (Lipinski definition) is 6. The molecule has 1 spiro atoms. The minimum absolute atomic E-state index is 0.0871. The highest BCUT2D eigenvalue weighted by molar-refractivity contribution is 8.78. The molecule has 5 aliphatic rings. The third-order valence-corrected chi connectivity index (χ3v) is 10.1. The Kier molecular flexibility index (Phi) is 3.55. The topological polar surface area (TPSA) is 63.4 Å². The van der Waals surface area contributed by atoms with Crippen LogP contribution in [0.15, 0.2) is 18.2 Å². The zero-order valence-corrected chi connectivity index (χ0v) is 17.4. The monoisotopic (exact) mass is 417 g/mol. The van der Waals surface area contributed by atoms with Gasteiger partial charge in [-0.2, -0.15) is 0 Å². The average Bonchev–Trinajstić information content (AvgIpc) is 3.27. The van der Waals surface area contributed by atoms with Gasteiger partial charge in [-0.15, -0.1) is 0 Å². The molecule has 5 heterocycles. The number of amides is 2. The Balaban J connectivity index is 1.71. The van der Waals surface area contributed by atoms with Gasteiger partial charge in [-0.3, -0.25) is 9.59 Å². The first kappa shape index (κ1) is 18.0. The van der Waals surface area contributed by atoms with Gasteiger partial charge in [-0.05, 0) is 24.1 Å². The normalized spacial score (nSPS) is 38.0. The van der Waals surface area contributed by atoms with E-state index in [1.807, 2.05) is 32.0 Å². The second kappa shape index (κ2) is 5.51. The number of likely N-dealkylation sites (N-methyl/N-ethyl adjacent to an activating group) is 1. The van der Waals surface area contributed by atoms with E-state index in [-0.39, 0.29) is 18.6 Å². The van der Waals surface area contributed by atoms with Crippen molar-refractivity contribution in [2.24, 2.45) is 0 Å². The van der Waals surface area contributed by atoms with Crippen molar-refractivity contribution in [3.63, 3.8) is 0 Å². The number of ether oxygens (including phenoxy) is 2. The Morgan fingerprint density at radius 2 is 2.00 bits per heavy atom. The van der Waals surface area contributed by atoms with Gasteiger partial charge in [0.2, 0.25) is 6.79 Å². The molecule has 1 aromatic rings. The number of piperazine rings is 1. The van der Waals surface area contributed by atoms with Crippen LogP contribution < -0.4 is 9.47 Å². The van der Waals surface area contributed by atoms with Crippen LogP contribution in [0.25, 0.3) is 4.85 Å². The van der Waals surface area contributed by atoms with E-state index < -0.39 is 21.3 Å². The van der Waals surface area contributed by atoms with E-state index in [0.29, 0.717) is 24.3 Å². The third-order valence-electron chi connectivity index (χ3n) is 6.33. The van der Waals surface area contributed by atoms with Crippen LogP contribution in [-0.2, 0) is 9.59 Å². The molecule has 146 valence electrons. The van der Waals surface area contributed by atoms with Gasteiger partial charge in [0, 0.05) is 14.0 Å². The lowest BCUT2D eigenvalue weighted by molar-refractivity contribution is -0.165. The molecule has 2 bridgehead atoms. The molecule has 7 nitrogen and oxygen atoms in total. The smallest absolute Gasteiger partial charge is 0.262 e. The molecule has 3 unspecified atom stereocenters. The summed E-state index contributed by atoms with van der Waals surface area (Å²) >= 11 is 0. The second-order valence-corrected chi connectivity index (χ2v) is 10.5. The molecule has 0 saturated carbocycles. The van der Waals surface area contributed by atoms with Crippen LogP contribution in [0.4, 0.5) is 0 Å². The van der Waals surface area contributed by atoms with E-state index >= 15 is 0 Å². The first-order valence-electron chi connectivity index (χ1n) is 9.10. The Hall–Kier alpha value is -2.05. The molecule has 0 aromatic heterocycles. The average molecular weight is 418 g/mol. The first-order valence-corrected chi connectivity index (χ1v) is 11.2. The third kappa shape index (κ3) is 1.88. The standard InChI is InChI=1S/C19H19N3O4S2/c1-5-18-16(24)22-14(11-6-7-12-13(8-11)26-10-25-12)17(2,20-3)9-19(22,28-27-18)15(23)21(18)4/h6-8,14H,5,9-10H2,1-2,4H3/t14?,17-,18?,19?/m0/s1. The number of hydrogen-bond donors (Lipinski definition) is 0. The number of rotatable bonds is 2. The van der Waals surface area contributed by atoms with Gasteiger partial charge in [-0.25, -0.2) is 6.57 Å². The molecule has 2 amide bonds. The highest BCUT2D eigenvalue weighted by atomic mass is 33.1. The molecule has 5 aliphatic heterocycles. The zero-order chi connectivity index (χ0) is 19.9. The van der Waals surface area contributed by atoms with Gasteiger partial charge in [0.15, 0.2) is 21.2 Å². The lowest BCUT2D eigenvalue weighted by atomic mass is 9.87. The molecule has 0 aliphatic carbocycles. The molecule has 4 atom stereocenters. The molecule has 9 heteroatoms. The largest absolute Gasteiger partial charge is 0.454 e. The summed E-state index contributed by atoms with van der Waals surface area (Å²) in [5.41, 5.74) is -0.116. The van der Waals surface area contributed by atoms with Crippen LogP contribution in [0.3, 0.4) is 0 Å². The van der Waals surface area contributed by atoms with E-state index in [1.54, 1.807) is 16.8 Å². The highest BCUT2D eigenvalue weighted by Crippen LogP contribution is 2.69. The Morgan fingerprint density at radius 1 is 1.25 bits per heavy atom. The number of carbonyl (C=O) groups excluding carboxylic acids is 2. The number of carbonyl (C=O) groups is 2. The predicted octanol–water partition coefficient (Wildman–Crippen LogP) is 3.04. The highest BCUT2D eigenvalue weighted by Gasteiger charge is 2.77. The van der Waals surface area contributed by atoms with Gasteiger partial charge in [0.05, 0.1) is 6.42 Å². The van der Waals surface area contributed by atoms with Gasteiger partial charge < -0.3 is 24.1 Å². The quantitative estimate of drug-likeness (QED) is 0.545. The van der Waals surface area contributed by atoms with Crippen molar-refractivity contribution >= 4 is 33.4 Å². The Labute approximate surface area is 170 Å². The fourth-order valence-electron chi connectivity index (χ4n) is 4.85. The van der Waals surface area contributed by atoms with Crippen LogP contribution in [0.1, 0.15) is 38.3 Å². The van der Waals surface area contributed by atoms with E-state index in [0.717, 1.165) is 5.56 Å². The van der Waals surface area contributed by atoms with Gasteiger partial charge >= 0.3 is 0 Å². The summed E-state index contributed by atoms with van der Waals surface area (Å²) in [5, 5.41) is 0. The summed E-state index contributed by atoms with van der Waals surface area (Å²) in [4.78, 5) is 32.4. The van der Waals surface area contributed by atoms with Crippen LogP contribution in [0, 0.1) is 6.57 Å². The van der Waals surface area contributed by atoms with Crippen molar-refractivity contribution < 1.29 is 19.1 Å². The van der Waals surface area contributed by atoms with Gasteiger partial charge in [-0.1, -0.05) is 34.6 Å². The minimum Gasteiger partial charge on any atom is -0.454 e. The van der Waals surface area contributed by atoms with Crippen molar-refractivity contribution in [3.8, 4) is 11.5 Å². The molecule has 6 rings (SSSR count). The van der Waals surface area contributed by atoms with E-state index in [2.05, 4.69) is 4.85 Å². The summed E-state index contributed by atoms with van der Waals surface area (Å²) in [6.07, 6.45) is 0.815. The maximum absolute atomic E-state index is 13.7. The molecule has 1 aromatic carbocycles. The van der Waals surface area contributed by atoms with E-state index in [4.69, 9.17) is 16.0 Å². The maximum Gasteiger partial charge on any atom is 0.262 e. The summed E-state index contributed by atoms with van der Waals surface area (Å²) in [6, 6.07) is 5.01. The molecule has 4 saturated heterocycles. The van der Waals surface area contributed by atoms with Crippen LogP contribution >= 0.6 is 21.6 Å². The van der Waals surface area contributed by atoms with Crippen molar-refractivity contribution in [2.45, 2.75) is 48.0 Å². The lowest BCUT2D eigenvalue weighted by Gasteiger charge is -2.58. The van der Waals surface area contributed by atoms with Gasteiger partial charge in [0.25, 0.3) is 17.4 Å². The van der Waals surface area contributed by atoms with Crippen molar-refractivity contribution in [1.29, 1.82) is 0 Å². The lowest BCUT2D eigenvalue weighted by Crippen LogP contribution is -2.74. The number of fused-ring (bicyclic) bond motifs is 3. The van der Waals surface area contributed by atoms with Crippen molar-refractivity contribution in [3.05, 3.63) is 35.2 Å². The predicted molar refractivity (Wildman–Crippen MR) is 105 cm³/mol. The first-order chi connectivity index (χ1) is 13.3. The van der Waals surface area contributed by atoms with Crippen molar-refractivity contribution in [1.82, 2.24) is 9.80 Å². The summed E-state index contributed by atoms with van der Waals surface area (Å²) in [6.45, 7) is 11.8. The molecule has 0 radical (unpaired) electrons. The number of nitrogens with zero attached hydrogens (tertiary/aromatic N) is 3. The summed E-state index contributed by atoms with van der Waals surface area (Å²) < 4.78 is 10.9. The SMILES string of the molecule is [C-]#[N+][C@@]1(C)CC23SSC(CC)(C(=O)N2C1c1ccc2c(c1)OCO2)N(C)C3=O. The Morgan fingerprint density at radius 3 is 2.71 bits per heavy atom. The second-order valence-electron chi connectivity index (χ2n) is 7.79. The van der Waals surface area contributed by atoms with E-state index in [9.17, 15) is 9.59 Å². The fraction of sp³-hybridized carbons (Fsp3) is 0.526. The van der Waals surface area contributed by atoms with Crippen LogP contribution in [0.2, 0.25) is 0 Å². The molecule has 0 N–H and O–H groups in total. The number of benzene rings is 1. The molecule has 28 heavy (non-hydrogen) atoms.